The second kappa shape index (κ2) is 7.83. The van der Waals surface area contributed by atoms with E-state index in [0.29, 0.717) is 0 Å². The smallest absolute Gasteiger partial charge is 0.166 e. The van der Waals surface area contributed by atoms with Gasteiger partial charge in [0, 0.05) is 11.5 Å². The molecule has 0 aliphatic rings. The van der Waals surface area contributed by atoms with Crippen LogP contribution in [0.5, 0.6) is 0 Å². The third-order valence-electron chi connectivity index (χ3n) is 3.04. The second-order valence-electron chi connectivity index (χ2n) is 4.45. The summed E-state index contributed by atoms with van der Waals surface area (Å²) in [6.07, 6.45) is 7.16. The molecule has 0 spiro atoms. The third-order valence-corrected chi connectivity index (χ3v) is 3.04. The monoisotopic (exact) mass is 230 g/mol. The van der Waals surface area contributed by atoms with E-state index in [1.165, 1.54) is 12.8 Å². The quantitative estimate of drug-likeness (QED) is 0.361. The molecule has 1 aromatic rings. The van der Waals surface area contributed by atoms with Gasteiger partial charge < -0.3 is 0 Å². The summed E-state index contributed by atoms with van der Waals surface area (Å²) in [4.78, 5) is 12.3. The van der Waals surface area contributed by atoms with E-state index in [1.807, 2.05) is 36.4 Å². The largest absolute Gasteiger partial charge is 0.294 e. The van der Waals surface area contributed by atoms with Crippen LogP contribution in [-0.4, -0.2) is 5.78 Å². The maximum Gasteiger partial charge on any atom is 0.166 e. The van der Waals surface area contributed by atoms with Crippen molar-refractivity contribution in [1.82, 2.24) is 0 Å². The number of hydrogen-bond donors (Lipinski definition) is 0. The highest BCUT2D eigenvalue weighted by Crippen LogP contribution is 2.19. The van der Waals surface area contributed by atoms with Gasteiger partial charge in [0.05, 0.1) is 0 Å². The van der Waals surface area contributed by atoms with Crippen LogP contribution in [0, 0.1) is 5.92 Å². The number of allylic oxidation sites excluding steroid dienone is 1. The van der Waals surface area contributed by atoms with Gasteiger partial charge in [-0.25, -0.2) is 0 Å². The van der Waals surface area contributed by atoms with Gasteiger partial charge >= 0.3 is 0 Å². The minimum absolute atomic E-state index is 0.112. The molecule has 0 saturated heterocycles. The number of carbonyl (C=O) groups is 1. The molecular formula is C16H22O. The van der Waals surface area contributed by atoms with Gasteiger partial charge in [0.1, 0.15) is 0 Å². The van der Waals surface area contributed by atoms with Gasteiger partial charge in [-0.2, -0.15) is 0 Å². The molecule has 1 heteroatoms. The summed E-state index contributed by atoms with van der Waals surface area (Å²) >= 11 is 0. The molecule has 0 amide bonds. The third kappa shape index (κ3) is 4.56. The number of rotatable bonds is 8. The molecule has 92 valence electrons. The van der Waals surface area contributed by atoms with Crippen molar-refractivity contribution in [1.29, 1.82) is 0 Å². The molecule has 0 heterocycles. The Morgan fingerprint density at radius 2 is 2.00 bits per heavy atom. The topological polar surface area (TPSA) is 17.1 Å². The maximum absolute atomic E-state index is 12.3. The van der Waals surface area contributed by atoms with Crippen molar-refractivity contribution in [3.8, 4) is 0 Å². The van der Waals surface area contributed by atoms with Crippen LogP contribution in [0.4, 0.5) is 0 Å². The fourth-order valence-corrected chi connectivity index (χ4v) is 2.04. The van der Waals surface area contributed by atoms with Gasteiger partial charge in [0.2, 0.25) is 0 Å². The average Bonchev–Trinajstić information content (AvgIpc) is 2.38. The molecule has 0 fully saturated rings. The first kappa shape index (κ1) is 13.7. The van der Waals surface area contributed by atoms with E-state index in [2.05, 4.69) is 13.5 Å². The Morgan fingerprint density at radius 3 is 2.59 bits per heavy atom. The first-order valence-electron chi connectivity index (χ1n) is 6.49. The number of hydrogen-bond acceptors (Lipinski definition) is 1. The summed E-state index contributed by atoms with van der Waals surface area (Å²) in [5.74, 6) is 0.378. The lowest BCUT2D eigenvalue weighted by molar-refractivity contribution is 0.0912. The van der Waals surface area contributed by atoms with E-state index in [0.717, 1.165) is 24.8 Å². The lowest BCUT2D eigenvalue weighted by Crippen LogP contribution is -2.14. The van der Waals surface area contributed by atoms with Crippen LogP contribution in [0.3, 0.4) is 0 Å². The summed E-state index contributed by atoms with van der Waals surface area (Å²) in [5.41, 5.74) is 0.829. The molecule has 0 saturated carbocycles. The van der Waals surface area contributed by atoms with Gasteiger partial charge in [-0.05, 0) is 12.8 Å². The van der Waals surface area contributed by atoms with Gasteiger partial charge in [-0.15, -0.1) is 6.58 Å². The van der Waals surface area contributed by atoms with E-state index in [-0.39, 0.29) is 11.7 Å². The number of carbonyl (C=O) groups excluding carboxylic acids is 1. The molecule has 0 unspecified atom stereocenters. The van der Waals surface area contributed by atoms with E-state index in [4.69, 9.17) is 0 Å². The number of unbranched alkanes of at least 4 members (excludes halogenated alkanes) is 2. The molecule has 1 nitrogen and oxygen atoms in total. The van der Waals surface area contributed by atoms with Crippen molar-refractivity contribution in [2.75, 3.05) is 0 Å². The standard InChI is InChI=1S/C16H22O/c1-3-5-7-11-14(10-4-2)16(17)15-12-8-6-9-13-15/h4,6,8-9,12-14H,2-3,5,7,10-11H2,1H3/t14-/m1/s1. The van der Waals surface area contributed by atoms with E-state index in [9.17, 15) is 4.79 Å². The van der Waals surface area contributed by atoms with Gasteiger partial charge in [-0.3, -0.25) is 4.79 Å². The fraction of sp³-hybridized carbons (Fsp3) is 0.438. The Morgan fingerprint density at radius 1 is 1.29 bits per heavy atom. The van der Waals surface area contributed by atoms with Crippen molar-refractivity contribution in [2.45, 2.75) is 39.0 Å². The summed E-state index contributed by atoms with van der Waals surface area (Å²) < 4.78 is 0. The summed E-state index contributed by atoms with van der Waals surface area (Å²) in [5, 5.41) is 0. The van der Waals surface area contributed by atoms with Crippen molar-refractivity contribution in [2.24, 2.45) is 5.92 Å². The zero-order chi connectivity index (χ0) is 12.5. The molecule has 0 aromatic heterocycles. The molecule has 0 N–H and O–H groups in total. The summed E-state index contributed by atoms with van der Waals surface area (Å²) in [7, 11) is 0. The second-order valence-corrected chi connectivity index (χ2v) is 4.45. The SMILES string of the molecule is C=CC[C@H](CCCCC)C(=O)c1ccccc1. The Bertz CT molecular complexity index is 340. The van der Waals surface area contributed by atoms with Crippen molar-refractivity contribution in [3.05, 3.63) is 48.6 Å². The average molecular weight is 230 g/mol. The highest BCUT2D eigenvalue weighted by atomic mass is 16.1. The summed E-state index contributed by atoms with van der Waals surface area (Å²) in [6.45, 7) is 5.93. The summed E-state index contributed by atoms with van der Waals surface area (Å²) in [6, 6.07) is 9.58. The minimum atomic E-state index is 0.112. The van der Waals surface area contributed by atoms with Crippen LogP contribution in [0.15, 0.2) is 43.0 Å². The Balaban J connectivity index is 2.63. The van der Waals surface area contributed by atoms with Crippen LogP contribution in [0.2, 0.25) is 0 Å². The first-order chi connectivity index (χ1) is 8.29. The van der Waals surface area contributed by atoms with E-state index in [1.54, 1.807) is 0 Å². The Labute approximate surface area is 105 Å². The minimum Gasteiger partial charge on any atom is -0.294 e. The normalized spacial score (nSPS) is 12.1. The maximum atomic E-state index is 12.3. The van der Waals surface area contributed by atoms with Crippen LogP contribution in [0.25, 0.3) is 0 Å². The van der Waals surface area contributed by atoms with Crippen molar-refractivity contribution < 1.29 is 4.79 Å². The molecule has 1 rings (SSSR count). The molecule has 1 atom stereocenters. The van der Waals surface area contributed by atoms with Gasteiger partial charge in [0.25, 0.3) is 0 Å². The highest BCUT2D eigenvalue weighted by Gasteiger charge is 2.17. The zero-order valence-corrected chi connectivity index (χ0v) is 10.7. The Hall–Kier alpha value is -1.37. The van der Waals surface area contributed by atoms with Crippen LogP contribution >= 0.6 is 0 Å². The number of benzene rings is 1. The molecular weight excluding hydrogens is 208 g/mol. The van der Waals surface area contributed by atoms with Crippen LogP contribution in [-0.2, 0) is 0 Å². The molecule has 0 aliphatic heterocycles. The Kier molecular flexibility index (Phi) is 6.31. The van der Waals surface area contributed by atoms with Crippen LogP contribution in [0.1, 0.15) is 49.4 Å². The van der Waals surface area contributed by atoms with Gasteiger partial charge in [-0.1, -0.05) is 62.6 Å². The lowest BCUT2D eigenvalue weighted by Gasteiger charge is -2.13. The number of Topliss-reactive ketones (excluding diaryl/α,β-unsaturated/α-hetero) is 1. The predicted molar refractivity (Wildman–Crippen MR) is 73.2 cm³/mol. The molecule has 0 radical (unpaired) electrons. The fourth-order valence-electron chi connectivity index (χ4n) is 2.04. The highest BCUT2D eigenvalue weighted by molar-refractivity contribution is 5.97. The molecule has 17 heavy (non-hydrogen) atoms. The first-order valence-corrected chi connectivity index (χ1v) is 6.49. The number of ketones is 1. The zero-order valence-electron chi connectivity index (χ0n) is 10.7. The molecule has 0 bridgehead atoms. The van der Waals surface area contributed by atoms with E-state index < -0.39 is 0 Å². The van der Waals surface area contributed by atoms with Crippen molar-refractivity contribution >= 4 is 5.78 Å². The lowest BCUT2D eigenvalue weighted by atomic mass is 9.90. The van der Waals surface area contributed by atoms with Gasteiger partial charge in [0.15, 0.2) is 5.78 Å². The molecule has 0 aliphatic carbocycles. The predicted octanol–water partition coefficient (Wildman–Crippen LogP) is 4.64. The van der Waals surface area contributed by atoms with Crippen molar-refractivity contribution in [3.63, 3.8) is 0 Å². The molecule has 1 aromatic carbocycles. The van der Waals surface area contributed by atoms with Crippen LogP contribution < -0.4 is 0 Å². The van der Waals surface area contributed by atoms with E-state index >= 15 is 0 Å².